The lowest BCUT2D eigenvalue weighted by molar-refractivity contribution is -0.145. The van der Waals surface area contributed by atoms with Crippen molar-refractivity contribution >= 4 is 40.0 Å². The fourth-order valence-corrected chi connectivity index (χ4v) is 9.68. The van der Waals surface area contributed by atoms with Crippen LogP contribution in [0.15, 0.2) is 49.1 Å². The Morgan fingerprint density at radius 3 is 2.54 bits per heavy atom. The summed E-state index contributed by atoms with van der Waals surface area (Å²) in [7, 11) is 0. The zero-order valence-electron chi connectivity index (χ0n) is 31.8. The molecule has 284 valence electrons. The molecule has 2 spiro atoms. The number of likely N-dealkylation sites (tertiary alicyclic amines) is 2. The quantitative estimate of drug-likeness (QED) is 0.208. The Hall–Kier alpha value is -4.42. The Morgan fingerprint density at radius 2 is 1.83 bits per heavy atom. The van der Waals surface area contributed by atoms with Crippen molar-refractivity contribution in [3.63, 3.8) is 0 Å². The fourth-order valence-electron chi connectivity index (χ4n) is 9.68. The van der Waals surface area contributed by atoms with E-state index in [0.717, 1.165) is 47.2 Å². The SMILES string of the molecule is CC(C)n1cnc2cc(-c3ccc4c(c3)N(C3CC(N5CCCC6(CC6)C5)C3)C(=O)C43CCN(C(=O)C(C)(C)CO)CC3)nc(Nc3ccncc3F)c21. The van der Waals surface area contributed by atoms with Gasteiger partial charge in [-0.3, -0.25) is 19.5 Å². The molecule has 2 amide bonds. The smallest absolute Gasteiger partial charge is 0.238 e. The molecule has 0 atom stereocenters. The van der Waals surface area contributed by atoms with Gasteiger partial charge in [-0.25, -0.2) is 14.4 Å². The number of carbonyl (C=O) groups excluding carboxylic acids is 2. The second-order valence-corrected chi connectivity index (χ2v) is 17.6. The lowest BCUT2D eigenvalue weighted by atomic mass is 9.73. The van der Waals surface area contributed by atoms with E-state index in [1.54, 1.807) is 32.4 Å². The molecule has 9 rings (SSSR count). The first-order valence-electron chi connectivity index (χ1n) is 19.8. The third-order valence-corrected chi connectivity index (χ3v) is 13.3. The van der Waals surface area contributed by atoms with Crippen LogP contribution in [0.5, 0.6) is 0 Å². The van der Waals surface area contributed by atoms with Crippen molar-refractivity contribution < 1.29 is 19.1 Å². The van der Waals surface area contributed by atoms with Gasteiger partial charge in [0.15, 0.2) is 11.6 Å². The highest BCUT2D eigenvalue weighted by atomic mass is 19.1. The molecule has 6 heterocycles. The minimum absolute atomic E-state index is 0.0769. The van der Waals surface area contributed by atoms with Crippen LogP contribution in [0.1, 0.15) is 90.7 Å². The number of aliphatic hydroxyl groups is 1. The molecule has 0 radical (unpaired) electrons. The zero-order valence-corrected chi connectivity index (χ0v) is 31.8. The van der Waals surface area contributed by atoms with Crippen molar-refractivity contribution in [2.45, 2.75) is 103 Å². The highest BCUT2D eigenvalue weighted by Gasteiger charge is 2.57. The highest BCUT2D eigenvalue weighted by Crippen LogP contribution is 2.55. The number of imidazole rings is 1. The third kappa shape index (κ3) is 5.70. The van der Waals surface area contributed by atoms with E-state index in [4.69, 9.17) is 9.97 Å². The number of aromatic nitrogens is 4. The first-order chi connectivity index (χ1) is 25.9. The Morgan fingerprint density at radius 1 is 1.06 bits per heavy atom. The molecule has 0 unspecified atom stereocenters. The van der Waals surface area contributed by atoms with E-state index in [-0.39, 0.29) is 36.2 Å². The monoisotopic (exact) mass is 734 g/mol. The van der Waals surface area contributed by atoms with Crippen molar-refractivity contribution in [1.29, 1.82) is 0 Å². The molecule has 11 nitrogen and oxygen atoms in total. The summed E-state index contributed by atoms with van der Waals surface area (Å²) in [6.45, 7) is 10.7. The number of nitrogens with one attached hydrogen (secondary N) is 1. The van der Waals surface area contributed by atoms with Crippen LogP contribution in [0.2, 0.25) is 0 Å². The number of nitrogens with zero attached hydrogens (tertiary/aromatic N) is 7. The van der Waals surface area contributed by atoms with E-state index >= 15 is 0 Å². The van der Waals surface area contributed by atoms with E-state index < -0.39 is 16.6 Å². The van der Waals surface area contributed by atoms with E-state index in [1.165, 1.54) is 38.4 Å². The van der Waals surface area contributed by atoms with Gasteiger partial charge in [-0.2, -0.15) is 0 Å². The summed E-state index contributed by atoms with van der Waals surface area (Å²) in [6.07, 6.45) is 12.8. The van der Waals surface area contributed by atoms with Crippen LogP contribution >= 0.6 is 0 Å². The molecule has 3 aromatic heterocycles. The van der Waals surface area contributed by atoms with Gasteiger partial charge in [-0.05, 0) is 115 Å². The topological polar surface area (TPSA) is 120 Å². The van der Waals surface area contributed by atoms with Crippen molar-refractivity contribution in [2.75, 3.05) is 43.0 Å². The van der Waals surface area contributed by atoms with Crippen molar-refractivity contribution in [1.82, 2.24) is 29.3 Å². The molecule has 0 bridgehead atoms. The van der Waals surface area contributed by atoms with Crippen LogP contribution < -0.4 is 10.2 Å². The summed E-state index contributed by atoms with van der Waals surface area (Å²) >= 11 is 0. The van der Waals surface area contributed by atoms with E-state index in [0.29, 0.717) is 48.9 Å². The average Bonchev–Trinajstić information content (AvgIpc) is 3.66. The molecular weight excluding hydrogens is 684 g/mol. The number of carbonyl (C=O) groups is 2. The summed E-state index contributed by atoms with van der Waals surface area (Å²) in [5.41, 5.74) is 4.21. The van der Waals surface area contributed by atoms with Gasteiger partial charge in [0.05, 0.1) is 46.9 Å². The summed E-state index contributed by atoms with van der Waals surface area (Å²) in [4.78, 5) is 48.7. The largest absolute Gasteiger partial charge is 0.395 e. The summed E-state index contributed by atoms with van der Waals surface area (Å²) < 4.78 is 16.9. The fraction of sp³-hybridized carbons (Fsp3) is 0.548. The van der Waals surface area contributed by atoms with Crippen molar-refractivity contribution in [3.8, 4) is 11.3 Å². The number of halogens is 1. The average molecular weight is 735 g/mol. The number of benzene rings is 1. The number of aliphatic hydroxyl groups excluding tert-OH is 1. The van der Waals surface area contributed by atoms with Crippen LogP contribution in [-0.4, -0.2) is 91.1 Å². The standard InChI is InChI=1S/C42H51FN8O3/c1-26(2)50-25-45-34-21-33(47-37(36(34)50)46-32-8-14-44-22-31(32)43)27-6-7-30-35(18-27)51(29-19-28(20-29)49-15-5-9-41(23-49)10-11-41)39(54)42(30)12-16-48(17-13-42)38(53)40(3,4)24-52/h6-8,14,18,21-22,25-26,28-29,52H,5,9-13,15-17,19-20,23-24H2,1-4H3,(H,44,46,47). The predicted octanol–water partition coefficient (Wildman–Crippen LogP) is 6.59. The Balaban J connectivity index is 1.08. The summed E-state index contributed by atoms with van der Waals surface area (Å²) in [5.74, 6) is 0.0719. The molecule has 2 aliphatic carbocycles. The van der Waals surface area contributed by atoms with Crippen LogP contribution in [0.4, 0.5) is 21.6 Å². The lowest BCUT2D eigenvalue weighted by Crippen LogP contribution is -2.59. The molecular formula is C42H51FN8O3. The van der Waals surface area contributed by atoms with Crippen LogP contribution in [0, 0.1) is 16.6 Å². The van der Waals surface area contributed by atoms with Gasteiger partial charge in [0, 0.05) is 55.2 Å². The number of hydrogen-bond donors (Lipinski definition) is 2. The van der Waals surface area contributed by atoms with Crippen LogP contribution in [0.3, 0.4) is 0 Å². The molecule has 4 fully saturated rings. The predicted molar refractivity (Wildman–Crippen MR) is 206 cm³/mol. The number of hydrogen-bond acceptors (Lipinski definition) is 8. The Labute approximate surface area is 316 Å². The highest BCUT2D eigenvalue weighted by molar-refractivity contribution is 6.09. The van der Waals surface area contributed by atoms with Gasteiger partial charge >= 0.3 is 0 Å². The maximum absolute atomic E-state index is 15.0. The number of pyridine rings is 2. The third-order valence-electron chi connectivity index (χ3n) is 13.3. The molecule has 54 heavy (non-hydrogen) atoms. The van der Waals surface area contributed by atoms with Gasteiger partial charge < -0.3 is 24.8 Å². The second-order valence-electron chi connectivity index (χ2n) is 17.6. The van der Waals surface area contributed by atoms with Crippen LogP contribution in [0.25, 0.3) is 22.3 Å². The van der Waals surface area contributed by atoms with Crippen molar-refractivity contribution in [3.05, 3.63) is 60.4 Å². The van der Waals surface area contributed by atoms with E-state index in [1.807, 2.05) is 21.6 Å². The maximum Gasteiger partial charge on any atom is 0.238 e. The maximum atomic E-state index is 15.0. The molecule has 12 heteroatoms. The number of amides is 2. The summed E-state index contributed by atoms with van der Waals surface area (Å²) in [6, 6.07) is 10.5. The number of rotatable bonds is 8. The molecule has 4 aromatic rings. The van der Waals surface area contributed by atoms with E-state index in [2.05, 4.69) is 46.1 Å². The minimum Gasteiger partial charge on any atom is -0.395 e. The van der Waals surface area contributed by atoms with Gasteiger partial charge in [-0.15, -0.1) is 0 Å². The zero-order chi connectivity index (χ0) is 37.6. The van der Waals surface area contributed by atoms with Gasteiger partial charge in [0.25, 0.3) is 0 Å². The number of anilines is 3. The molecule has 2 N–H and O–H groups in total. The van der Waals surface area contributed by atoms with Gasteiger partial charge in [0.2, 0.25) is 11.8 Å². The number of fused-ring (bicyclic) bond motifs is 3. The molecule has 3 aliphatic heterocycles. The minimum atomic E-state index is -0.868. The van der Waals surface area contributed by atoms with E-state index in [9.17, 15) is 19.1 Å². The normalized spacial score (nSPS) is 23.4. The second kappa shape index (κ2) is 12.8. The number of piperidine rings is 2. The lowest BCUT2D eigenvalue weighted by Gasteiger charge is -2.49. The Kier molecular flexibility index (Phi) is 8.39. The molecule has 5 aliphatic rings. The first-order valence-corrected chi connectivity index (χ1v) is 19.8. The van der Waals surface area contributed by atoms with Crippen LogP contribution in [-0.2, 0) is 15.0 Å². The first kappa shape index (κ1) is 35.3. The molecule has 2 saturated carbocycles. The van der Waals surface area contributed by atoms with Gasteiger partial charge in [0.1, 0.15) is 5.52 Å². The Bertz CT molecular complexity index is 2130. The van der Waals surface area contributed by atoms with Crippen molar-refractivity contribution in [2.24, 2.45) is 10.8 Å². The molecule has 2 saturated heterocycles. The van der Waals surface area contributed by atoms with Gasteiger partial charge in [-0.1, -0.05) is 12.1 Å². The summed E-state index contributed by atoms with van der Waals surface area (Å²) in [5, 5.41) is 13.1. The molecule has 1 aromatic carbocycles.